The van der Waals surface area contributed by atoms with Crippen LogP contribution in [0.5, 0.6) is 5.75 Å². The summed E-state index contributed by atoms with van der Waals surface area (Å²) < 4.78 is 8.12. The molecule has 4 N–H and O–H groups in total. The summed E-state index contributed by atoms with van der Waals surface area (Å²) in [5.41, 5.74) is -0.137. The highest BCUT2D eigenvalue weighted by molar-refractivity contribution is 5.76. The molecule has 2 heterocycles. The lowest BCUT2D eigenvalue weighted by Crippen LogP contribution is -2.31. The monoisotopic (exact) mass is 417 g/mol. The number of ether oxygens (including phenoxy) is 1. The molecule has 0 aliphatic rings. The van der Waals surface area contributed by atoms with Crippen molar-refractivity contribution in [1.29, 1.82) is 0 Å². The van der Waals surface area contributed by atoms with Gasteiger partial charge in [0.1, 0.15) is 25.0 Å². The van der Waals surface area contributed by atoms with Crippen LogP contribution in [0.25, 0.3) is 11.2 Å². The first-order chi connectivity index (χ1) is 14.3. The first-order valence-corrected chi connectivity index (χ1v) is 9.35. The van der Waals surface area contributed by atoms with Gasteiger partial charge in [0.2, 0.25) is 5.95 Å². The van der Waals surface area contributed by atoms with Gasteiger partial charge in [-0.25, -0.2) is 4.79 Å². The molecular formula is C19H23N5O6. The second-order valence-corrected chi connectivity index (χ2v) is 6.75. The fourth-order valence-corrected chi connectivity index (χ4v) is 3.01. The summed E-state index contributed by atoms with van der Waals surface area (Å²) >= 11 is 0. The highest BCUT2D eigenvalue weighted by Crippen LogP contribution is 2.17. The third-order valence-electron chi connectivity index (χ3n) is 4.55. The molecule has 11 heteroatoms. The van der Waals surface area contributed by atoms with Crippen molar-refractivity contribution in [3.8, 4) is 5.75 Å². The van der Waals surface area contributed by atoms with Crippen LogP contribution in [0.2, 0.25) is 0 Å². The minimum Gasteiger partial charge on any atom is -0.491 e. The molecule has 3 aromatic rings. The van der Waals surface area contributed by atoms with Gasteiger partial charge >= 0.3 is 11.7 Å². The first kappa shape index (κ1) is 21.1. The molecule has 0 unspecified atom stereocenters. The lowest BCUT2D eigenvalue weighted by molar-refractivity contribution is -0.134. The first-order valence-electron chi connectivity index (χ1n) is 9.35. The number of aliphatic hydroxyl groups is 1. The SMILES string of the molecule is CCc1cccc(OC[C@H](O)Cn2c(NCC(=O)O)nc3c2c(=O)[nH]c(=O)n3C)c1. The Morgan fingerprint density at radius 3 is 2.83 bits per heavy atom. The Labute approximate surface area is 170 Å². The molecule has 3 rings (SSSR count). The standard InChI is InChI=1S/C19H23N5O6/c1-3-11-5-4-6-13(7-11)30-10-12(25)9-24-15-16(21-18(24)20-8-14(26)27)23(2)19(29)22-17(15)28/h4-7,12,25H,3,8-10H2,1-2H3,(H,20,21)(H,26,27)(H,22,28,29)/t12-/m1/s1. The van der Waals surface area contributed by atoms with E-state index in [-0.39, 0.29) is 30.3 Å². The van der Waals surface area contributed by atoms with Crippen LogP contribution in [0.4, 0.5) is 5.95 Å². The summed E-state index contributed by atoms with van der Waals surface area (Å²) in [7, 11) is 1.43. The lowest BCUT2D eigenvalue weighted by atomic mass is 10.2. The van der Waals surface area contributed by atoms with Gasteiger partial charge in [0.25, 0.3) is 5.56 Å². The number of nitrogens with zero attached hydrogens (tertiary/aromatic N) is 3. The summed E-state index contributed by atoms with van der Waals surface area (Å²) in [5.74, 6) is -0.476. The number of aromatic amines is 1. The fourth-order valence-electron chi connectivity index (χ4n) is 3.01. The van der Waals surface area contributed by atoms with Crippen LogP contribution < -0.4 is 21.3 Å². The van der Waals surface area contributed by atoms with E-state index in [1.54, 1.807) is 6.07 Å². The topological polar surface area (TPSA) is 151 Å². The number of hydrogen-bond donors (Lipinski definition) is 4. The molecule has 1 aromatic carbocycles. The van der Waals surface area contributed by atoms with E-state index >= 15 is 0 Å². The van der Waals surface area contributed by atoms with Gasteiger partial charge in [-0.3, -0.25) is 19.1 Å². The van der Waals surface area contributed by atoms with E-state index < -0.39 is 29.9 Å². The number of hydrogen-bond acceptors (Lipinski definition) is 7. The molecule has 2 aromatic heterocycles. The van der Waals surface area contributed by atoms with E-state index in [2.05, 4.69) is 15.3 Å². The Hall–Kier alpha value is -3.60. The van der Waals surface area contributed by atoms with Crippen molar-refractivity contribution in [3.05, 3.63) is 50.7 Å². The molecule has 0 fully saturated rings. The van der Waals surface area contributed by atoms with Crippen LogP contribution >= 0.6 is 0 Å². The lowest BCUT2D eigenvalue weighted by Gasteiger charge is -2.16. The molecule has 160 valence electrons. The summed E-state index contributed by atoms with van der Waals surface area (Å²) in [6.07, 6.45) is -0.185. The van der Waals surface area contributed by atoms with Crippen molar-refractivity contribution in [3.63, 3.8) is 0 Å². The van der Waals surface area contributed by atoms with Gasteiger partial charge in [0, 0.05) is 7.05 Å². The third kappa shape index (κ3) is 4.51. The van der Waals surface area contributed by atoms with Crippen LogP contribution in [0, 0.1) is 0 Å². The predicted molar refractivity (Wildman–Crippen MR) is 109 cm³/mol. The number of carboxylic acid groups (broad SMARTS) is 1. The molecule has 0 aliphatic carbocycles. The smallest absolute Gasteiger partial charge is 0.329 e. The number of aromatic nitrogens is 4. The zero-order valence-electron chi connectivity index (χ0n) is 16.6. The van der Waals surface area contributed by atoms with Crippen molar-refractivity contribution >= 4 is 23.1 Å². The average Bonchev–Trinajstić information content (AvgIpc) is 3.08. The van der Waals surface area contributed by atoms with E-state index in [0.29, 0.717) is 5.75 Å². The molecule has 1 atom stereocenters. The quantitative estimate of drug-likeness (QED) is 0.377. The van der Waals surface area contributed by atoms with Gasteiger partial charge in [-0.2, -0.15) is 4.98 Å². The zero-order chi connectivity index (χ0) is 21.8. The molecule has 11 nitrogen and oxygen atoms in total. The predicted octanol–water partition coefficient (Wildman–Crippen LogP) is -0.0779. The van der Waals surface area contributed by atoms with Gasteiger partial charge in [0.15, 0.2) is 11.2 Å². The number of carbonyl (C=O) groups is 1. The molecule has 0 saturated carbocycles. The Balaban J connectivity index is 1.88. The number of carboxylic acids is 1. The zero-order valence-corrected chi connectivity index (χ0v) is 16.6. The number of H-pyrrole nitrogens is 1. The van der Waals surface area contributed by atoms with E-state index in [1.807, 2.05) is 25.1 Å². The Morgan fingerprint density at radius 2 is 2.13 bits per heavy atom. The largest absolute Gasteiger partial charge is 0.491 e. The number of aliphatic hydroxyl groups excluding tert-OH is 1. The van der Waals surface area contributed by atoms with Crippen molar-refractivity contribution < 1.29 is 19.7 Å². The second-order valence-electron chi connectivity index (χ2n) is 6.75. The number of aliphatic carboxylic acids is 1. The molecule has 0 aliphatic heterocycles. The van der Waals surface area contributed by atoms with Crippen LogP contribution in [0.1, 0.15) is 12.5 Å². The van der Waals surface area contributed by atoms with E-state index in [0.717, 1.165) is 16.6 Å². The van der Waals surface area contributed by atoms with Gasteiger partial charge in [-0.1, -0.05) is 19.1 Å². The number of rotatable bonds is 9. The maximum atomic E-state index is 12.4. The Kier molecular flexibility index (Phi) is 6.21. The molecule has 0 saturated heterocycles. The number of fused-ring (bicyclic) bond motifs is 1. The number of benzene rings is 1. The van der Waals surface area contributed by atoms with Gasteiger partial charge < -0.3 is 24.8 Å². The van der Waals surface area contributed by atoms with E-state index in [4.69, 9.17) is 9.84 Å². The molecule has 0 radical (unpaired) electrons. The molecule has 0 bridgehead atoms. The number of aryl methyl sites for hydroxylation is 2. The normalized spacial score (nSPS) is 12.1. The van der Waals surface area contributed by atoms with Crippen molar-refractivity contribution in [2.24, 2.45) is 7.05 Å². The van der Waals surface area contributed by atoms with E-state index in [1.165, 1.54) is 11.6 Å². The maximum Gasteiger partial charge on any atom is 0.329 e. The van der Waals surface area contributed by atoms with Crippen LogP contribution in [-0.4, -0.2) is 54.5 Å². The van der Waals surface area contributed by atoms with Gasteiger partial charge in [0.05, 0.1) is 6.54 Å². The third-order valence-corrected chi connectivity index (χ3v) is 4.55. The molecular weight excluding hydrogens is 394 g/mol. The second kappa shape index (κ2) is 8.82. The minimum absolute atomic E-state index is 0.0389. The average molecular weight is 417 g/mol. The summed E-state index contributed by atoms with van der Waals surface area (Å²) in [4.78, 5) is 41.5. The van der Waals surface area contributed by atoms with Gasteiger partial charge in [-0.05, 0) is 24.1 Å². The highest BCUT2D eigenvalue weighted by Gasteiger charge is 2.20. The van der Waals surface area contributed by atoms with Crippen molar-refractivity contribution in [2.75, 3.05) is 18.5 Å². The molecule has 0 spiro atoms. The number of imidazole rings is 1. The van der Waals surface area contributed by atoms with E-state index in [9.17, 15) is 19.5 Å². The number of nitrogens with one attached hydrogen (secondary N) is 2. The Morgan fingerprint density at radius 1 is 1.37 bits per heavy atom. The number of anilines is 1. The summed E-state index contributed by atoms with van der Waals surface area (Å²) in [6.45, 7) is 1.41. The van der Waals surface area contributed by atoms with Crippen LogP contribution in [-0.2, 0) is 24.8 Å². The molecule has 30 heavy (non-hydrogen) atoms. The van der Waals surface area contributed by atoms with Crippen LogP contribution in [0.15, 0.2) is 33.9 Å². The van der Waals surface area contributed by atoms with Gasteiger partial charge in [-0.15, -0.1) is 0 Å². The Bertz CT molecular complexity index is 1180. The maximum absolute atomic E-state index is 12.4. The van der Waals surface area contributed by atoms with Crippen molar-refractivity contribution in [1.82, 2.24) is 19.1 Å². The highest BCUT2D eigenvalue weighted by atomic mass is 16.5. The fraction of sp³-hybridized carbons (Fsp3) is 0.368. The van der Waals surface area contributed by atoms with Crippen LogP contribution in [0.3, 0.4) is 0 Å². The summed E-state index contributed by atoms with van der Waals surface area (Å²) in [5, 5.41) is 22.0. The molecule has 0 amide bonds. The summed E-state index contributed by atoms with van der Waals surface area (Å²) in [6, 6.07) is 7.48. The minimum atomic E-state index is -1.13. The van der Waals surface area contributed by atoms with Crippen molar-refractivity contribution in [2.45, 2.75) is 26.0 Å².